The highest BCUT2D eigenvalue weighted by Crippen LogP contribution is 2.40. The molecule has 1 aliphatic rings. The lowest BCUT2D eigenvalue weighted by Crippen LogP contribution is -2.38. The zero-order valence-electron chi connectivity index (χ0n) is 15.4. The lowest BCUT2D eigenvalue weighted by Gasteiger charge is -2.23. The molecule has 0 radical (unpaired) electrons. The third-order valence-electron chi connectivity index (χ3n) is 5.44. The molecule has 1 fully saturated rings. The van der Waals surface area contributed by atoms with Crippen LogP contribution in [0, 0.1) is 5.41 Å². The predicted molar refractivity (Wildman–Crippen MR) is 106 cm³/mol. The van der Waals surface area contributed by atoms with E-state index in [0.717, 1.165) is 10.8 Å². The molecule has 27 heavy (non-hydrogen) atoms. The van der Waals surface area contributed by atoms with Gasteiger partial charge in [-0.1, -0.05) is 48.5 Å². The average molecular weight is 359 g/mol. The molecule has 4 heteroatoms. The fraction of sp³-hybridized carbons (Fsp3) is 0.217. The summed E-state index contributed by atoms with van der Waals surface area (Å²) in [5.41, 5.74) is 0.218. The number of methoxy groups -OCH3 is 1. The second-order valence-electron chi connectivity index (χ2n) is 7.10. The Morgan fingerprint density at radius 1 is 1.00 bits per heavy atom. The molecular formula is C23H21NO3. The van der Waals surface area contributed by atoms with E-state index in [1.54, 1.807) is 18.9 Å². The monoisotopic (exact) mass is 359 g/mol. The molecule has 3 aromatic carbocycles. The molecule has 136 valence electrons. The minimum Gasteiger partial charge on any atom is -0.495 e. The number of benzene rings is 3. The summed E-state index contributed by atoms with van der Waals surface area (Å²) in [6.07, 6.45) is 0.482. The number of ketones is 1. The Morgan fingerprint density at radius 3 is 2.48 bits per heavy atom. The normalized spacial score (nSPS) is 19.5. The number of para-hydroxylation sites is 2. The van der Waals surface area contributed by atoms with Crippen molar-refractivity contribution in [2.24, 2.45) is 5.41 Å². The van der Waals surface area contributed by atoms with Crippen LogP contribution in [-0.2, 0) is 4.79 Å². The fourth-order valence-electron chi connectivity index (χ4n) is 3.78. The Kier molecular flexibility index (Phi) is 4.19. The Labute approximate surface area is 158 Å². The average Bonchev–Trinajstić information content (AvgIpc) is 3.02. The largest absolute Gasteiger partial charge is 0.495 e. The van der Waals surface area contributed by atoms with Gasteiger partial charge in [0.1, 0.15) is 11.2 Å². The molecule has 3 aromatic rings. The van der Waals surface area contributed by atoms with Gasteiger partial charge in [0.25, 0.3) is 0 Å². The Hall–Kier alpha value is -3.14. The molecule has 1 unspecified atom stereocenters. The van der Waals surface area contributed by atoms with E-state index in [1.807, 2.05) is 66.7 Å². The maximum atomic E-state index is 13.3. The van der Waals surface area contributed by atoms with E-state index in [9.17, 15) is 9.59 Å². The number of amides is 1. The quantitative estimate of drug-likeness (QED) is 0.510. The molecule has 1 heterocycles. The van der Waals surface area contributed by atoms with Crippen LogP contribution in [0.4, 0.5) is 5.69 Å². The number of nitrogens with zero attached hydrogens (tertiary/aromatic N) is 1. The summed E-state index contributed by atoms with van der Waals surface area (Å²) in [6.45, 7) is 2.25. The molecule has 1 atom stereocenters. The van der Waals surface area contributed by atoms with Gasteiger partial charge in [0.15, 0.2) is 5.78 Å². The number of carbonyl (C=O) groups excluding carboxylic acids is 2. The van der Waals surface area contributed by atoms with Crippen molar-refractivity contribution in [2.45, 2.75) is 13.3 Å². The van der Waals surface area contributed by atoms with Gasteiger partial charge in [-0.3, -0.25) is 9.59 Å². The number of rotatable bonds is 4. The second kappa shape index (κ2) is 6.54. The highest BCUT2D eigenvalue weighted by Gasteiger charge is 2.49. The van der Waals surface area contributed by atoms with Gasteiger partial charge in [0.2, 0.25) is 5.91 Å². The zero-order valence-corrected chi connectivity index (χ0v) is 15.4. The second-order valence-corrected chi connectivity index (χ2v) is 7.10. The van der Waals surface area contributed by atoms with Crippen LogP contribution in [0.5, 0.6) is 5.75 Å². The van der Waals surface area contributed by atoms with Crippen LogP contribution in [0.1, 0.15) is 23.7 Å². The van der Waals surface area contributed by atoms with Crippen molar-refractivity contribution in [3.63, 3.8) is 0 Å². The molecule has 1 aliphatic heterocycles. The Balaban J connectivity index is 1.68. The molecule has 0 aromatic heterocycles. The van der Waals surface area contributed by atoms with Crippen molar-refractivity contribution in [1.29, 1.82) is 0 Å². The minimum absolute atomic E-state index is 0.129. The van der Waals surface area contributed by atoms with E-state index in [1.165, 1.54) is 0 Å². The van der Waals surface area contributed by atoms with Gasteiger partial charge >= 0.3 is 0 Å². The summed E-state index contributed by atoms with van der Waals surface area (Å²) < 4.78 is 5.39. The van der Waals surface area contributed by atoms with E-state index in [2.05, 4.69) is 0 Å². The first-order chi connectivity index (χ1) is 13.0. The highest BCUT2D eigenvalue weighted by atomic mass is 16.5. The first-order valence-electron chi connectivity index (χ1n) is 9.03. The smallest absolute Gasteiger partial charge is 0.240 e. The van der Waals surface area contributed by atoms with E-state index in [0.29, 0.717) is 30.0 Å². The van der Waals surface area contributed by atoms with Crippen molar-refractivity contribution < 1.29 is 14.3 Å². The predicted octanol–water partition coefficient (Wildman–Crippen LogP) is 4.47. The van der Waals surface area contributed by atoms with Crippen molar-refractivity contribution in [3.8, 4) is 5.75 Å². The van der Waals surface area contributed by atoms with Crippen LogP contribution in [-0.4, -0.2) is 25.3 Å². The molecule has 0 aliphatic carbocycles. The number of carbonyl (C=O) groups is 2. The highest BCUT2D eigenvalue weighted by molar-refractivity contribution is 6.20. The van der Waals surface area contributed by atoms with Gasteiger partial charge in [0.05, 0.1) is 12.8 Å². The Bertz CT molecular complexity index is 1040. The molecule has 0 spiro atoms. The maximum Gasteiger partial charge on any atom is 0.240 e. The molecule has 0 saturated carbocycles. The number of fused-ring (bicyclic) bond motifs is 1. The fourth-order valence-corrected chi connectivity index (χ4v) is 3.78. The van der Waals surface area contributed by atoms with Crippen LogP contribution in [0.2, 0.25) is 0 Å². The minimum atomic E-state index is -1.07. The van der Waals surface area contributed by atoms with Crippen LogP contribution in [0.25, 0.3) is 10.8 Å². The van der Waals surface area contributed by atoms with Crippen LogP contribution < -0.4 is 9.64 Å². The molecule has 1 saturated heterocycles. The van der Waals surface area contributed by atoms with Gasteiger partial charge < -0.3 is 9.64 Å². The standard InChI is InChI=1S/C23H21NO3/c1-23(21(25)18-12-11-16-7-3-4-8-17(16)15-18)13-14-24(22(23)26)19-9-5-6-10-20(19)27-2/h3-12,15H,13-14H2,1-2H3. The Morgan fingerprint density at radius 2 is 1.70 bits per heavy atom. The van der Waals surface area contributed by atoms with Gasteiger partial charge in [-0.15, -0.1) is 0 Å². The maximum absolute atomic E-state index is 13.3. The number of hydrogen-bond donors (Lipinski definition) is 0. The van der Waals surface area contributed by atoms with Crippen molar-refractivity contribution >= 4 is 28.2 Å². The topological polar surface area (TPSA) is 46.6 Å². The first kappa shape index (κ1) is 17.3. The number of anilines is 1. The van der Waals surface area contributed by atoms with E-state index in [-0.39, 0.29) is 11.7 Å². The summed E-state index contributed by atoms with van der Waals surface area (Å²) in [5.74, 6) is 0.328. The van der Waals surface area contributed by atoms with Crippen LogP contribution >= 0.6 is 0 Å². The summed E-state index contributed by atoms with van der Waals surface area (Å²) >= 11 is 0. The number of Topliss-reactive ketones (excluding diaryl/α,β-unsaturated/α-hetero) is 1. The van der Waals surface area contributed by atoms with E-state index < -0.39 is 5.41 Å². The molecule has 4 rings (SSSR count). The van der Waals surface area contributed by atoms with Crippen molar-refractivity contribution in [3.05, 3.63) is 72.3 Å². The third kappa shape index (κ3) is 2.78. The molecule has 0 N–H and O–H groups in total. The summed E-state index contributed by atoms with van der Waals surface area (Å²) in [4.78, 5) is 28.2. The lowest BCUT2D eigenvalue weighted by atomic mass is 9.80. The van der Waals surface area contributed by atoms with Crippen LogP contribution in [0.3, 0.4) is 0 Å². The van der Waals surface area contributed by atoms with Crippen LogP contribution in [0.15, 0.2) is 66.7 Å². The van der Waals surface area contributed by atoms with Gasteiger partial charge in [0, 0.05) is 12.1 Å². The zero-order chi connectivity index (χ0) is 19.0. The third-order valence-corrected chi connectivity index (χ3v) is 5.44. The SMILES string of the molecule is COc1ccccc1N1CCC(C)(C(=O)c2ccc3ccccc3c2)C1=O. The molecular weight excluding hydrogens is 338 g/mol. The first-order valence-corrected chi connectivity index (χ1v) is 9.03. The van der Waals surface area contributed by atoms with E-state index in [4.69, 9.17) is 4.74 Å². The molecule has 0 bridgehead atoms. The van der Waals surface area contributed by atoms with E-state index >= 15 is 0 Å². The van der Waals surface area contributed by atoms with Gasteiger partial charge in [-0.25, -0.2) is 0 Å². The number of hydrogen-bond acceptors (Lipinski definition) is 3. The van der Waals surface area contributed by atoms with Gasteiger partial charge in [-0.2, -0.15) is 0 Å². The lowest BCUT2D eigenvalue weighted by molar-refractivity contribution is -0.122. The van der Waals surface area contributed by atoms with Crippen molar-refractivity contribution in [1.82, 2.24) is 0 Å². The summed E-state index contributed by atoms with van der Waals surface area (Å²) in [7, 11) is 1.58. The molecule has 4 nitrogen and oxygen atoms in total. The molecule has 1 amide bonds. The van der Waals surface area contributed by atoms with Gasteiger partial charge in [-0.05, 0) is 42.3 Å². The summed E-state index contributed by atoms with van der Waals surface area (Å²) in [6, 6.07) is 20.9. The number of ether oxygens (including phenoxy) is 1. The summed E-state index contributed by atoms with van der Waals surface area (Å²) in [5, 5.41) is 2.08. The van der Waals surface area contributed by atoms with Crippen molar-refractivity contribution in [2.75, 3.05) is 18.6 Å².